The second kappa shape index (κ2) is 4.89. The fraction of sp³-hybridized carbons (Fsp3) is 0.111. The zero-order chi connectivity index (χ0) is 12.3. The van der Waals surface area contributed by atoms with E-state index in [-0.39, 0.29) is 11.1 Å². The average Bonchev–Trinajstić information content (AvgIpc) is 2.27. The van der Waals surface area contributed by atoms with Gasteiger partial charge in [-0.25, -0.2) is 4.79 Å². The van der Waals surface area contributed by atoms with Crippen LogP contribution in [0.15, 0.2) is 12.1 Å². The number of nitrogens with zero attached hydrogens (tertiary/aromatic N) is 2. The van der Waals surface area contributed by atoms with Gasteiger partial charge in [-0.15, -0.1) is 0 Å². The van der Waals surface area contributed by atoms with Gasteiger partial charge in [0.25, 0.3) is 5.69 Å². The van der Waals surface area contributed by atoms with E-state index in [2.05, 4.69) is 4.74 Å². The Morgan fingerprint density at radius 1 is 1.62 bits per heavy atom. The Kier molecular flexibility index (Phi) is 3.78. The number of benzene rings is 1. The van der Waals surface area contributed by atoms with Gasteiger partial charge >= 0.3 is 5.97 Å². The molecule has 16 heavy (non-hydrogen) atoms. The van der Waals surface area contributed by atoms with Crippen LogP contribution >= 0.6 is 22.6 Å². The molecule has 0 heterocycles. The van der Waals surface area contributed by atoms with Gasteiger partial charge in [0.05, 0.1) is 17.6 Å². The molecule has 0 saturated heterocycles. The maximum Gasteiger partial charge on any atom is 0.339 e. The van der Waals surface area contributed by atoms with Gasteiger partial charge in [0.2, 0.25) is 0 Å². The van der Waals surface area contributed by atoms with Crippen LogP contribution in [0.2, 0.25) is 0 Å². The molecule has 0 N–H and O–H groups in total. The molecular weight excluding hydrogens is 327 g/mol. The van der Waals surface area contributed by atoms with E-state index in [0.717, 1.165) is 6.07 Å². The van der Waals surface area contributed by atoms with Crippen LogP contribution in [0.1, 0.15) is 15.9 Å². The number of carbonyl (C=O) groups excluding carboxylic acids is 1. The summed E-state index contributed by atoms with van der Waals surface area (Å²) in [6.45, 7) is 0. The van der Waals surface area contributed by atoms with Gasteiger partial charge in [0, 0.05) is 9.64 Å². The van der Waals surface area contributed by atoms with Crippen molar-refractivity contribution in [1.29, 1.82) is 5.26 Å². The van der Waals surface area contributed by atoms with Crippen LogP contribution in [-0.2, 0) is 4.74 Å². The maximum absolute atomic E-state index is 11.3. The quantitative estimate of drug-likeness (QED) is 0.357. The van der Waals surface area contributed by atoms with Crippen molar-refractivity contribution in [2.24, 2.45) is 0 Å². The van der Waals surface area contributed by atoms with Crippen molar-refractivity contribution in [3.05, 3.63) is 36.9 Å². The first-order valence-corrected chi connectivity index (χ1v) is 5.05. The molecule has 0 radical (unpaired) electrons. The number of hydrogen-bond acceptors (Lipinski definition) is 5. The Morgan fingerprint density at radius 2 is 2.25 bits per heavy atom. The number of esters is 1. The van der Waals surface area contributed by atoms with E-state index >= 15 is 0 Å². The van der Waals surface area contributed by atoms with E-state index in [0.29, 0.717) is 3.57 Å². The minimum Gasteiger partial charge on any atom is -0.465 e. The van der Waals surface area contributed by atoms with Crippen LogP contribution < -0.4 is 0 Å². The topological polar surface area (TPSA) is 93.2 Å². The average molecular weight is 332 g/mol. The molecule has 0 fully saturated rings. The number of hydrogen-bond donors (Lipinski definition) is 0. The third-order valence-corrected chi connectivity index (χ3v) is 2.70. The summed E-state index contributed by atoms with van der Waals surface area (Å²) < 4.78 is 4.91. The lowest BCUT2D eigenvalue weighted by Gasteiger charge is -2.03. The number of methoxy groups -OCH3 is 1. The second-order valence-corrected chi connectivity index (χ2v) is 3.87. The third-order valence-electron chi connectivity index (χ3n) is 1.81. The molecule has 0 aromatic heterocycles. The van der Waals surface area contributed by atoms with Crippen LogP contribution in [0, 0.1) is 25.0 Å². The van der Waals surface area contributed by atoms with Gasteiger partial charge in [0.1, 0.15) is 11.6 Å². The fourth-order valence-corrected chi connectivity index (χ4v) is 1.76. The molecule has 1 rings (SSSR count). The molecular formula is C9H5IN2O4. The van der Waals surface area contributed by atoms with Gasteiger partial charge < -0.3 is 4.74 Å². The molecule has 0 aliphatic carbocycles. The first kappa shape index (κ1) is 12.4. The highest BCUT2D eigenvalue weighted by Crippen LogP contribution is 2.24. The van der Waals surface area contributed by atoms with E-state index < -0.39 is 16.6 Å². The minimum absolute atomic E-state index is 0.0776. The third kappa shape index (κ3) is 2.27. The molecule has 6 nitrogen and oxygen atoms in total. The molecule has 0 spiro atoms. The summed E-state index contributed by atoms with van der Waals surface area (Å²) in [5.74, 6) is -0.669. The number of ether oxygens (including phenoxy) is 1. The highest BCUT2D eigenvalue weighted by atomic mass is 127. The molecule has 0 unspecified atom stereocenters. The van der Waals surface area contributed by atoms with Crippen LogP contribution in [0.4, 0.5) is 5.69 Å². The number of nitriles is 1. The Hall–Kier alpha value is -1.69. The SMILES string of the molecule is COC(=O)c1cc([N+](=O)[O-])c(C#N)cc1I. The molecule has 0 bridgehead atoms. The van der Waals surface area contributed by atoms with Gasteiger partial charge in [-0.1, -0.05) is 0 Å². The first-order valence-electron chi connectivity index (χ1n) is 3.97. The molecule has 1 aromatic rings. The summed E-state index contributed by atoms with van der Waals surface area (Å²) in [6.07, 6.45) is 0. The zero-order valence-electron chi connectivity index (χ0n) is 8.06. The van der Waals surface area contributed by atoms with Crippen molar-refractivity contribution >= 4 is 34.2 Å². The van der Waals surface area contributed by atoms with Crippen LogP contribution in [0.5, 0.6) is 0 Å². The molecule has 7 heteroatoms. The van der Waals surface area contributed by atoms with Crippen LogP contribution in [0.25, 0.3) is 0 Å². The van der Waals surface area contributed by atoms with E-state index in [9.17, 15) is 14.9 Å². The number of rotatable bonds is 2. The number of nitro groups is 1. The smallest absolute Gasteiger partial charge is 0.339 e. The van der Waals surface area contributed by atoms with Crippen molar-refractivity contribution < 1.29 is 14.5 Å². The van der Waals surface area contributed by atoms with Crippen molar-refractivity contribution in [3.8, 4) is 6.07 Å². The highest BCUT2D eigenvalue weighted by molar-refractivity contribution is 14.1. The molecule has 1 aromatic carbocycles. The normalized spacial score (nSPS) is 9.31. The largest absolute Gasteiger partial charge is 0.465 e. The summed E-state index contributed by atoms with van der Waals surface area (Å²) in [5, 5.41) is 19.4. The van der Waals surface area contributed by atoms with Crippen molar-refractivity contribution in [2.45, 2.75) is 0 Å². The van der Waals surface area contributed by atoms with Crippen molar-refractivity contribution in [1.82, 2.24) is 0 Å². The van der Waals surface area contributed by atoms with E-state index in [1.165, 1.54) is 13.2 Å². The predicted molar refractivity (Wildman–Crippen MR) is 61.9 cm³/mol. The van der Waals surface area contributed by atoms with Gasteiger partial charge in [0.15, 0.2) is 0 Å². The molecule has 82 valence electrons. The molecule has 0 saturated carbocycles. The first-order chi connectivity index (χ1) is 7.51. The number of carbonyl (C=O) groups is 1. The second-order valence-electron chi connectivity index (χ2n) is 2.71. The predicted octanol–water partition coefficient (Wildman–Crippen LogP) is 1.86. The van der Waals surface area contributed by atoms with Crippen molar-refractivity contribution in [2.75, 3.05) is 7.11 Å². The van der Waals surface area contributed by atoms with E-state index in [1.54, 1.807) is 6.07 Å². The summed E-state index contributed by atoms with van der Waals surface area (Å²) in [5.41, 5.74) is -0.404. The lowest BCUT2D eigenvalue weighted by atomic mass is 10.1. The fourth-order valence-electron chi connectivity index (χ4n) is 1.07. The Balaban J connectivity index is 3.46. The van der Waals surface area contributed by atoms with Gasteiger partial charge in [-0.3, -0.25) is 10.1 Å². The van der Waals surface area contributed by atoms with E-state index in [1.807, 2.05) is 22.6 Å². The number of halogens is 1. The van der Waals surface area contributed by atoms with Crippen LogP contribution in [0.3, 0.4) is 0 Å². The molecule has 0 atom stereocenters. The summed E-state index contributed by atoms with van der Waals surface area (Å²) in [4.78, 5) is 21.2. The molecule has 0 aliphatic rings. The van der Waals surface area contributed by atoms with E-state index in [4.69, 9.17) is 5.26 Å². The lowest BCUT2D eigenvalue weighted by Crippen LogP contribution is -2.06. The Labute approximate surface area is 104 Å². The van der Waals surface area contributed by atoms with Gasteiger partial charge in [-0.2, -0.15) is 5.26 Å². The maximum atomic E-state index is 11.3. The summed E-state index contributed by atoms with van der Waals surface area (Å²) in [6, 6.07) is 4.03. The van der Waals surface area contributed by atoms with Gasteiger partial charge in [-0.05, 0) is 28.7 Å². The van der Waals surface area contributed by atoms with Crippen LogP contribution in [-0.4, -0.2) is 18.0 Å². The Bertz CT molecular complexity index is 507. The highest BCUT2D eigenvalue weighted by Gasteiger charge is 2.20. The molecule has 0 aliphatic heterocycles. The number of nitro benzene ring substituents is 1. The zero-order valence-corrected chi connectivity index (χ0v) is 10.2. The summed E-state index contributed by atoms with van der Waals surface area (Å²) in [7, 11) is 1.18. The Morgan fingerprint density at radius 3 is 2.69 bits per heavy atom. The lowest BCUT2D eigenvalue weighted by molar-refractivity contribution is -0.385. The molecule has 0 amide bonds. The summed E-state index contributed by atoms with van der Waals surface area (Å²) >= 11 is 1.81. The monoisotopic (exact) mass is 332 g/mol. The minimum atomic E-state index is -0.707. The standard InChI is InChI=1S/C9H5IN2O4/c1-16-9(13)6-3-8(12(14)15)5(4-11)2-7(6)10/h2-3H,1H3. The van der Waals surface area contributed by atoms with Crippen molar-refractivity contribution in [3.63, 3.8) is 0 Å².